The largest absolute Gasteiger partial charge is 0.490 e. The molecule has 0 fully saturated rings. The lowest BCUT2D eigenvalue weighted by Crippen LogP contribution is -2.44. The summed E-state index contributed by atoms with van der Waals surface area (Å²) in [7, 11) is 1.07. The molecule has 0 heterocycles. The van der Waals surface area contributed by atoms with Gasteiger partial charge in [-0.25, -0.2) is 13.2 Å². The van der Waals surface area contributed by atoms with Gasteiger partial charge in [0.1, 0.15) is 0 Å². The topological polar surface area (TPSA) is 81.5 Å². The molecular weight excluding hydrogens is 526 g/mol. The minimum Gasteiger partial charge on any atom is -0.490 e. The number of methoxy groups -OCH3 is 1. The Labute approximate surface area is 183 Å². The fourth-order valence-electron chi connectivity index (χ4n) is 2.56. The molecule has 1 amide bonds. The number of anilines is 1. The molecule has 0 aliphatic carbocycles. The van der Waals surface area contributed by atoms with Crippen molar-refractivity contribution in [1.29, 1.82) is 0 Å². The second-order valence-corrected chi connectivity index (χ2v) is 7.16. The second kappa shape index (κ2) is 8.91. The number of hydrogen-bond acceptors (Lipinski definition) is 4. The number of halogens is 8. The molecule has 0 bridgehead atoms. The molecule has 0 aliphatic heterocycles. The zero-order chi connectivity index (χ0) is 23.7. The Morgan fingerprint density at radius 2 is 1.87 bits per heavy atom. The third-order valence-corrected chi connectivity index (χ3v) is 4.98. The highest BCUT2D eigenvalue weighted by Gasteiger charge is 2.64. The van der Waals surface area contributed by atoms with E-state index >= 15 is 0 Å². The van der Waals surface area contributed by atoms with Crippen LogP contribution in [0, 0.1) is 10.1 Å². The van der Waals surface area contributed by atoms with Crippen LogP contribution in [-0.2, 0) is 5.67 Å². The van der Waals surface area contributed by atoms with Gasteiger partial charge in [0.2, 0.25) is 5.75 Å². The van der Waals surface area contributed by atoms with Gasteiger partial charge in [0.05, 0.1) is 28.3 Å². The molecule has 1 atom stereocenters. The number of nitro benzene ring substituents is 1. The lowest BCUT2D eigenvalue weighted by atomic mass is 9.95. The van der Waals surface area contributed by atoms with Crippen LogP contribution in [0.15, 0.2) is 34.8 Å². The van der Waals surface area contributed by atoms with Crippen LogP contribution in [0.3, 0.4) is 0 Å². The molecule has 1 unspecified atom stereocenters. The smallest absolute Gasteiger partial charge is 0.432 e. The average Bonchev–Trinajstić information content (AvgIpc) is 2.67. The van der Waals surface area contributed by atoms with E-state index < -0.39 is 55.6 Å². The van der Waals surface area contributed by atoms with Crippen LogP contribution in [0.5, 0.6) is 5.75 Å². The maximum Gasteiger partial charge on any atom is 0.432 e. The van der Waals surface area contributed by atoms with Gasteiger partial charge in [0, 0.05) is 16.1 Å². The molecule has 0 saturated carbocycles. The molecule has 1 N–H and O–H groups in total. The van der Waals surface area contributed by atoms with E-state index in [1.165, 1.54) is 6.07 Å². The van der Waals surface area contributed by atoms with Gasteiger partial charge in [0.25, 0.3) is 18.0 Å². The Balaban J connectivity index is 2.51. The Hall–Kier alpha value is -2.54. The van der Waals surface area contributed by atoms with Crippen LogP contribution < -0.4 is 10.1 Å². The zero-order valence-electron chi connectivity index (χ0n) is 15.1. The molecule has 0 radical (unpaired) electrons. The summed E-state index contributed by atoms with van der Waals surface area (Å²) in [6, 6.07) is 4.09. The van der Waals surface area contributed by atoms with E-state index in [4.69, 9.17) is 16.3 Å². The number of amides is 1. The maximum absolute atomic E-state index is 14.3. The SMILES string of the molecule is COc1c(C(=O)Nc2c(Cl)cc(C(F)(C(F)F)C(F)(F)F)cc2Br)cccc1[N+](=O)[O-]. The first-order valence-corrected chi connectivity index (χ1v) is 9.08. The van der Waals surface area contributed by atoms with Gasteiger partial charge in [-0.15, -0.1) is 0 Å². The molecule has 2 aromatic carbocycles. The predicted molar refractivity (Wildman–Crippen MR) is 102 cm³/mol. The first-order chi connectivity index (χ1) is 14.3. The number of carbonyl (C=O) groups is 1. The molecule has 0 saturated heterocycles. The van der Waals surface area contributed by atoms with E-state index in [1.54, 1.807) is 0 Å². The lowest BCUT2D eigenvalue weighted by Gasteiger charge is -2.28. The first-order valence-electron chi connectivity index (χ1n) is 7.91. The second-order valence-electron chi connectivity index (χ2n) is 5.89. The summed E-state index contributed by atoms with van der Waals surface area (Å²) in [4.78, 5) is 22.8. The van der Waals surface area contributed by atoms with Crippen molar-refractivity contribution in [2.75, 3.05) is 12.4 Å². The van der Waals surface area contributed by atoms with Gasteiger partial charge < -0.3 is 10.1 Å². The highest BCUT2D eigenvalue weighted by Crippen LogP contribution is 2.49. The summed E-state index contributed by atoms with van der Waals surface area (Å²) in [6.45, 7) is 0. The van der Waals surface area contributed by atoms with Crippen LogP contribution in [0.2, 0.25) is 5.02 Å². The number of alkyl halides is 6. The fraction of sp³-hybridized carbons (Fsp3) is 0.235. The Bertz CT molecular complexity index is 1010. The van der Waals surface area contributed by atoms with Crippen LogP contribution in [0.4, 0.5) is 37.7 Å². The number of benzene rings is 2. The molecule has 0 aliphatic rings. The summed E-state index contributed by atoms with van der Waals surface area (Å²) < 4.78 is 83.5. The normalized spacial score (nSPS) is 13.6. The molecule has 6 nitrogen and oxygen atoms in total. The molecule has 0 aromatic heterocycles. The van der Waals surface area contributed by atoms with E-state index in [0.717, 1.165) is 19.2 Å². The first kappa shape index (κ1) is 24.7. The van der Waals surface area contributed by atoms with Gasteiger partial charge in [-0.1, -0.05) is 17.7 Å². The van der Waals surface area contributed by atoms with E-state index in [2.05, 4.69) is 21.2 Å². The molecule has 31 heavy (non-hydrogen) atoms. The quantitative estimate of drug-likeness (QED) is 0.269. The van der Waals surface area contributed by atoms with Gasteiger partial charge in [-0.05, 0) is 34.1 Å². The monoisotopic (exact) mass is 534 g/mol. The molecule has 0 spiro atoms. The number of carbonyl (C=O) groups excluding carboxylic acids is 1. The van der Waals surface area contributed by atoms with Crippen molar-refractivity contribution < 1.29 is 40.8 Å². The van der Waals surface area contributed by atoms with E-state index in [1.807, 2.05) is 0 Å². The van der Waals surface area contributed by atoms with Crippen LogP contribution in [0.1, 0.15) is 15.9 Å². The molecule has 168 valence electrons. The number of nitro groups is 1. The number of rotatable bonds is 6. The third kappa shape index (κ3) is 4.56. The molecule has 2 rings (SSSR count). The summed E-state index contributed by atoms with van der Waals surface area (Å²) in [5, 5.41) is 12.5. The standard InChI is InChI=1S/C17H10BrClF6N2O4/c1-31-13-8(3-2-4-11(13)27(29)30)14(28)26-12-9(18)5-7(6-10(12)19)16(22,15(20)21)17(23,24)25/h2-6,15H,1H3,(H,26,28). The highest BCUT2D eigenvalue weighted by molar-refractivity contribution is 9.10. The van der Waals surface area contributed by atoms with Crippen molar-refractivity contribution in [2.45, 2.75) is 18.3 Å². The third-order valence-electron chi connectivity index (χ3n) is 4.05. The van der Waals surface area contributed by atoms with Crippen LogP contribution >= 0.6 is 27.5 Å². The predicted octanol–water partition coefficient (Wildman–Crippen LogP) is 6.26. The number of hydrogen-bond donors (Lipinski definition) is 1. The summed E-state index contributed by atoms with van der Waals surface area (Å²) >= 11 is 8.58. The van der Waals surface area contributed by atoms with Crippen molar-refractivity contribution in [1.82, 2.24) is 0 Å². The minimum atomic E-state index is -5.95. The van der Waals surface area contributed by atoms with Gasteiger partial charge >= 0.3 is 11.9 Å². The molecule has 14 heteroatoms. The van der Waals surface area contributed by atoms with Gasteiger partial charge in [-0.3, -0.25) is 14.9 Å². The van der Waals surface area contributed by atoms with Crippen molar-refractivity contribution >= 4 is 44.8 Å². The summed E-state index contributed by atoms with van der Waals surface area (Å²) in [5.74, 6) is -1.43. The number of para-hydroxylation sites is 1. The summed E-state index contributed by atoms with van der Waals surface area (Å²) in [5.41, 5.74) is -7.75. The van der Waals surface area contributed by atoms with Crippen molar-refractivity contribution in [3.8, 4) is 5.75 Å². The average molecular weight is 536 g/mol. The van der Waals surface area contributed by atoms with Crippen molar-refractivity contribution in [3.63, 3.8) is 0 Å². The fourth-order valence-corrected chi connectivity index (χ4v) is 3.50. The zero-order valence-corrected chi connectivity index (χ0v) is 17.4. The molecule has 2 aromatic rings. The summed E-state index contributed by atoms with van der Waals surface area (Å²) in [6.07, 6.45) is -10.4. The maximum atomic E-state index is 14.3. The Kier molecular flexibility index (Phi) is 7.10. The highest BCUT2D eigenvalue weighted by atomic mass is 79.9. The van der Waals surface area contributed by atoms with Crippen LogP contribution in [0.25, 0.3) is 0 Å². The number of nitrogens with zero attached hydrogens (tertiary/aromatic N) is 1. The number of nitrogens with one attached hydrogen (secondary N) is 1. The van der Waals surface area contributed by atoms with Crippen molar-refractivity contribution in [3.05, 3.63) is 61.1 Å². The van der Waals surface area contributed by atoms with Gasteiger partial charge in [0.15, 0.2) is 0 Å². The van der Waals surface area contributed by atoms with E-state index in [0.29, 0.717) is 12.1 Å². The molecular formula is C17H10BrClF6N2O4. The minimum absolute atomic E-state index is 0.298. The number of ether oxygens (including phenoxy) is 1. The van der Waals surface area contributed by atoms with Crippen molar-refractivity contribution in [2.24, 2.45) is 0 Å². The van der Waals surface area contributed by atoms with Crippen LogP contribution in [-0.4, -0.2) is 30.5 Å². The van der Waals surface area contributed by atoms with Gasteiger partial charge in [-0.2, -0.15) is 13.2 Å². The Morgan fingerprint density at radius 1 is 1.26 bits per heavy atom. The van der Waals surface area contributed by atoms with E-state index in [9.17, 15) is 41.3 Å². The lowest BCUT2D eigenvalue weighted by molar-refractivity contribution is -0.385. The van der Waals surface area contributed by atoms with E-state index in [-0.39, 0.29) is 11.3 Å². The Morgan fingerprint density at radius 3 is 2.32 bits per heavy atom.